The van der Waals surface area contributed by atoms with E-state index in [9.17, 15) is 14.7 Å². The molecule has 0 aliphatic carbocycles. The number of fused-ring (bicyclic) bond motifs is 1. The molecule has 1 amide bonds. The Morgan fingerprint density at radius 2 is 1.88 bits per heavy atom. The van der Waals surface area contributed by atoms with Crippen molar-refractivity contribution in [2.45, 2.75) is 44.2 Å². The number of nitrogens with zero attached hydrogens (tertiary/aromatic N) is 3. The number of hydrogen-bond acceptors (Lipinski definition) is 5. The van der Waals surface area contributed by atoms with E-state index in [2.05, 4.69) is 11.9 Å². The van der Waals surface area contributed by atoms with Crippen molar-refractivity contribution in [3.8, 4) is 5.75 Å². The smallest absolute Gasteiger partial charge is 0.261 e. The van der Waals surface area contributed by atoms with Crippen LogP contribution in [0.3, 0.4) is 0 Å². The molecule has 1 N–H and O–H groups in total. The highest BCUT2D eigenvalue weighted by Gasteiger charge is 2.35. The van der Waals surface area contributed by atoms with E-state index in [4.69, 9.17) is 4.74 Å². The minimum Gasteiger partial charge on any atom is -0.494 e. The zero-order chi connectivity index (χ0) is 22.7. The van der Waals surface area contributed by atoms with Crippen molar-refractivity contribution in [3.63, 3.8) is 0 Å². The van der Waals surface area contributed by atoms with Crippen LogP contribution in [0.4, 0.5) is 0 Å². The predicted molar refractivity (Wildman–Crippen MR) is 123 cm³/mol. The molecule has 1 aliphatic heterocycles. The number of rotatable bonds is 6. The number of benzene rings is 2. The molecule has 1 fully saturated rings. The molecule has 0 spiro atoms. The third kappa shape index (κ3) is 4.53. The Morgan fingerprint density at radius 1 is 1.16 bits per heavy atom. The van der Waals surface area contributed by atoms with Crippen molar-refractivity contribution >= 4 is 16.8 Å². The Morgan fingerprint density at radius 3 is 2.56 bits per heavy atom. The number of aromatic nitrogens is 2. The van der Waals surface area contributed by atoms with Gasteiger partial charge in [0.1, 0.15) is 11.3 Å². The second-order valence-electron chi connectivity index (χ2n) is 8.66. The number of piperidine rings is 1. The molecule has 7 nitrogen and oxygen atoms in total. The summed E-state index contributed by atoms with van der Waals surface area (Å²) in [5.74, 6) is 0.783. The summed E-state index contributed by atoms with van der Waals surface area (Å²) in [5, 5.41) is 11.6. The van der Waals surface area contributed by atoms with E-state index in [0.717, 1.165) is 5.56 Å². The zero-order valence-electron chi connectivity index (χ0n) is 18.5. The molecule has 2 aromatic carbocycles. The first-order chi connectivity index (χ1) is 15.4. The number of likely N-dealkylation sites (tertiary alicyclic amines) is 1. The van der Waals surface area contributed by atoms with Gasteiger partial charge >= 0.3 is 0 Å². The number of carbonyl (C=O) groups excluding carboxylic acids is 1. The number of para-hydroxylation sites is 1. The lowest BCUT2D eigenvalue weighted by Gasteiger charge is -2.38. The summed E-state index contributed by atoms with van der Waals surface area (Å²) in [4.78, 5) is 31.9. The van der Waals surface area contributed by atoms with Gasteiger partial charge < -0.3 is 14.7 Å². The molecule has 3 aromatic rings. The molecule has 32 heavy (non-hydrogen) atoms. The molecule has 4 rings (SSSR count). The molecule has 1 atom stereocenters. The number of methoxy groups -OCH3 is 1. The van der Waals surface area contributed by atoms with Crippen molar-refractivity contribution in [1.29, 1.82) is 0 Å². The summed E-state index contributed by atoms with van der Waals surface area (Å²) >= 11 is 0. The molecule has 1 unspecified atom stereocenters. The monoisotopic (exact) mass is 435 g/mol. The van der Waals surface area contributed by atoms with Crippen LogP contribution in [0.2, 0.25) is 0 Å². The average Bonchev–Trinajstić information content (AvgIpc) is 2.81. The summed E-state index contributed by atoms with van der Waals surface area (Å²) in [6.45, 7) is 3.15. The van der Waals surface area contributed by atoms with Crippen molar-refractivity contribution in [3.05, 3.63) is 70.8 Å². The summed E-state index contributed by atoms with van der Waals surface area (Å²) in [6.07, 6.45) is 2.74. The van der Waals surface area contributed by atoms with Crippen LogP contribution in [0, 0.1) is 0 Å². The van der Waals surface area contributed by atoms with Crippen LogP contribution in [0.1, 0.15) is 37.7 Å². The first-order valence-electron chi connectivity index (χ1n) is 11.0. The quantitative estimate of drug-likeness (QED) is 0.644. The standard InChI is InChI=1S/C25H29N3O4/c1-18(19-7-4-3-5-8-19)15-22(29)27-13-11-25(31,12-14-27)16-28-17-26-23-20(24(28)30)9-6-10-21(23)32-2/h3-10,17-18,31H,11-16H2,1-2H3. The largest absolute Gasteiger partial charge is 0.494 e. The Kier molecular flexibility index (Phi) is 6.28. The maximum absolute atomic E-state index is 12.9. The van der Waals surface area contributed by atoms with Crippen molar-refractivity contribution in [2.75, 3.05) is 20.2 Å². The van der Waals surface area contributed by atoms with E-state index in [1.165, 1.54) is 10.9 Å². The van der Waals surface area contributed by atoms with Crippen LogP contribution < -0.4 is 10.3 Å². The average molecular weight is 436 g/mol. The Bertz CT molecular complexity index is 1150. The van der Waals surface area contributed by atoms with E-state index < -0.39 is 5.60 Å². The lowest BCUT2D eigenvalue weighted by molar-refractivity contribution is -0.136. The molecule has 0 saturated carbocycles. The number of aliphatic hydroxyl groups is 1. The fourth-order valence-corrected chi connectivity index (χ4v) is 4.38. The van der Waals surface area contributed by atoms with E-state index in [-0.39, 0.29) is 23.9 Å². The lowest BCUT2D eigenvalue weighted by Crippen LogP contribution is -2.49. The van der Waals surface area contributed by atoms with E-state index >= 15 is 0 Å². The molecule has 7 heteroatoms. The van der Waals surface area contributed by atoms with E-state index in [0.29, 0.717) is 49.0 Å². The van der Waals surface area contributed by atoms with Gasteiger partial charge in [-0.2, -0.15) is 0 Å². The van der Waals surface area contributed by atoms with Crippen LogP contribution >= 0.6 is 0 Å². The summed E-state index contributed by atoms with van der Waals surface area (Å²) in [5.41, 5.74) is 0.391. The predicted octanol–water partition coefficient (Wildman–Crippen LogP) is 2.95. The summed E-state index contributed by atoms with van der Waals surface area (Å²) in [6, 6.07) is 15.2. The first-order valence-corrected chi connectivity index (χ1v) is 11.0. The van der Waals surface area contributed by atoms with Crippen molar-refractivity contribution in [2.24, 2.45) is 0 Å². The van der Waals surface area contributed by atoms with Crippen LogP contribution in [0.5, 0.6) is 5.75 Å². The van der Waals surface area contributed by atoms with Gasteiger partial charge in [0, 0.05) is 19.5 Å². The van der Waals surface area contributed by atoms with Gasteiger partial charge in [0.05, 0.1) is 31.0 Å². The normalized spacial score (nSPS) is 16.7. The third-order valence-electron chi connectivity index (χ3n) is 6.40. The number of carbonyl (C=O) groups is 1. The molecule has 2 heterocycles. The third-order valence-corrected chi connectivity index (χ3v) is 6.40. The van der Waals surface area contributed by atoms with Gasteiger partial charge in [-0.15, -0.1) is 0 Å². The fourth-order valence-electron chi connectivity index (χ4n) is 4.38. The highest BCUT2D eigenvalue weighted by atomic mass is 16.5. The number of ether oxygens (including phenoxy) is 1. The van der Waals surface area contributed by atoms with Crippen LogP contribution in [-0.4, -0.2) is 51.3 Å². The minimum absolute atomic E-state index is 0.0973. The maximum atomic E-state index is 12.9. The molecule has 168 valence electrons. The van der Waals surface area contributed by atoms with Gasteiger partial charge in [-0.3, -0.25) is 14.2 Å². The van der Waals surface area contributed by atoms with Crippen molar-refractivity contribution in [1.82, 2.24) is 14.5 Å². The zero-order valence-corrected chi connectivity index (χ0v) is 18.5. The molecule has 1 aliphatic rings. The SMILES string of the molecule is COc1cccc2c(=O)n(CC3(O)CCN(C(=O)CC(C)c4ccccc4)CC3)cnc12. The molecule has 1 aromatic heterocycles. The maximum Gasteiger partial charge on any atom is 0.261 e. The molecular formula is C25H29N3O4. The Labute approximate surface area is 187 Å². The van der Waals surface area contributed by atoms with Crippen LogP contribution in [-0.2, 0) is 11.3 Å². The molecule has 0 radical (unpaired) electrons. The molecule has 0 bridgehead atoms. The van der Waals surface area contributed by atoms with Gasteiger partial charge in [0.15, 0.2) is 0 Å². The Hall–Kier alpha value is -3.19. The van der Waals surface area contributed by atoms with Crippen molar-refractivity contribution < 1.29 is 14.6 Å². The van der Waals surface area contributed by atoms with E-state index in [1.54, 1.807) is 25.3 Å². The van der Waals surface area contributed by atoms with Gasteiger partial charge in [-0.25, -0.2) is 4.98 Å². The molecular weight excluding hydrogens is 406 g/mol. The highest BCUT2D eigenvalue weighted by molar-refractivity contribution is 5.83. The lowest BCUT2D eigenvalue weighted by atomic mass is 9.90. The summed E-state index contributed by atoms with van der Waals surface area (Å²) in [7, 11) is 1.54. The van der Waals surface area contributed by atoms with Gasteiger partial charge in [0.25, 0.3) is 5.56 Å². The Balaban J connectivity index is 1.40. The highest BCUT2D eigenvalue weighted by Crippen LogP contribution is 2.27. The minimum atomic E-state index is -1.06. The second kappa shape index (κ2) is 9.12. The van der Waals surface area contributed by atoms with Gasteiger partial charge in [-0.05, 0) is 36.5 Å². The van der Waals surface area contributed by atoms with Crippen LogP contribution in [0.25, 0.3) is 10.9 Å². The number of hydrogen-bond donors (Lipinski definition) is 1. The second-order valence-corrected chi connectivity index (χ2v) is 8.66. The first kappa shape index (κ1) is 22.0. The topological polar surface area (TPSA) is 84.7 Å². The summed E-state index contributed by atoms with van der Waals surface area (Å²) < 4.78 is 6.74. The van der Waals surface area contributed by atoms with Crippen LogP contribution in [0.15, 0.2) is 59.7 Å². The van der Waals surface area contributed by atoms with E-state index in [1.807, 2.05) is 35.2 Å². The molecule has 1 saturated heterocycles. The number of amides is 1. The fraction of sp³-hybridized carbons (Fsp3) is 0.400. The van der Waals surface area contributed by atoms with Gasteiger partial charge in [0.2, 0.25) is 5.91 Å². The van der Waals surface area contributed by atoms with Gasteiger partial charge in [-0.1, -0.05) is 43.3 Å².